The van der Waals surface area contributed by atoms with E-state index in [1.54, 1.807) is 0 Å². The highest BCUT2D eigenvalue weighted by atomic mass is 16.3. The molecule has 3 N–H and O–H groups in total. The van der Waals surface area contributed by atoms with Crippen molar-refractivity contribution in [2.75, 3.05) is 6.54 Å². The first kappa shape index (κ1) is 14.8. The Labute approximate surface area is 124 Å². The molecule has 3 rings (SSSR count). The first-order chi connectivity index (χ1) is 9.12. The average molecular weight is 279 g/mol. The molecule has 3 unspecified atom stereocenters. The van der Waals surface area contributed by atoms with Crippen LogP contribution >= 0.6 is 0 Å². The van der Waals surface area contributed by atoms with Gasteiger partial charge >= 0.3 is 0 Å². The zero-order chi connectivity index (χ0) is 14.8. The van der Waals surface area contributed by atoms with E-state index >= 15 is 0 Å². The molecular formula is C18H33NO. The van der Waals surface area contributed by atoms with Gasteiger partial charge in [-0.3, -0.25) is 0 Å². The van der Waals surface area contributed by atoms with Crippen LogP contribution in [0, 0.1) is 28.1 Å². The smallest absolute Gasteiger partial charge is 0.0728 e. The summed E-state index contributed by atoms with van der Waals surface area (Å²) in [5.41, 5.74) is 6.19. The van der Waals surface area contributed by atoms with E-state index in [0.717, 1.165) is 18.8 Å². The number of aliphatic hydroxyl groups is 1. The van der Waals surface area contributed by atoms with E-state index in [0.29, 0.717) is 12.5 Å². The van der Waals surface area contributed by atoms with Crippen LogP contribution in [0.4, 0.5) is 0 Å². The van der Waals surface area contributed by atoms with Crippen molar-refractivity contribution in [1.29, 1.82) is 0 Å². The van der Waals surface area contributed by atoms with Gasteiger partial charge in [0.25, 0.3) is 0 Å². The van der Waals surface area contributed by atoms with Crippen molar-refractivity contribution in [1.82, 2.24) is 0 Å². The Morgan fingerprint density at radius 1 is 1.00 bits per heavy atom. The van der Waals surface area contributed by atoms with Crippen molar-refractivity contribution in [3.8, 4) is 0 Å². The van der Waals surface area contributed by atoms with Gasteiger partial charge in [-0.15, -0.1) is 0 Å². The molecule has 3 aliphatic carbocycles. The first-order valence-corrected chi connectivity index (χ1v) is 8.54. The Morgan fingerprint density at radius 2 is 1.60 bits per heavy atom. The van der Waals surface area contributed by atoms with Crippen molar-refractivity contribution in [3.63, 3.8) is 0 Å². The molecule has 0 amide bonds. The van der Waals surface area contributed by atoms with Crippen LogP contribution in [-0.2, 0) is 0 Å². The molecule has 0 spiro atoms. The third-order valence-corrected chi connectivity index (χ3v) is 6.77. The molecule has 116 valence electrons. The molecule has 2 nitrogen and oxygen atoms in total. The molecule has 3 atom stereocenters. The standard InChI is InChI=1S/C18H33NO/c1-15(2)9-16(3,4)11-18(20,10-15)17(12-19)8-13-5-6-14(17)7-13/h13-14,20H,5-12,19H2,1-4H3. The summed E-state index contributed by atoms with van der Waals surface area (Å²) in [5.74, 6) is 1.51. The van der Waals surface area contributed by atoms with Gasteiger partial charge in [0.2, 0.25) is 0 Å². The highest BCUT2D eigenvalue weighted by Crippen LogP contribution is 2.66. The van der Waals surface area contributed by atoms with E-state index in [2.05, 4.69) is 27.7 Å². The zero-order valence-corrected chi connectivity index (χ0v) is 13.8. The number of nitrogens with two attached hydrogens (primary N) is 1. The van der Waals surface area contributed by atoms with Gasteiger partial charge in [0.05, 0.1) is 5.60 Å². The fourth-order valence-corrected chi connectivity index (χ4v) is 6.87. The number of fused-ring (bicyclic) bond motifs is 2. The van der Waals surface area contributed by atoms with Gasteiger partial charge < -0.3 is 10.8 Å². The summed E-state index contributed by atoms with van der Waals surface area (Å²) in [6, 6.07) is 0. The molecule has 0 aliphatic heterocycles. The average Bonchev–Trinajstić information content (AvgIpc) is 2.83. The molecule has 0 heterocycles. The van der Waals surface area contributed by atoms with Crippen LogP contribution in [0.2, 0.25) is 0 Å². The summed E-state index contributed by atoms with van der Waals surface area (Å²) in [5, 5.41) is 11.7. The summed E-state index contributed by atoms with van der Waals surface area (Å²) in [6.07, 6.45) is 8.24. The normalized spacial score (nSPS) is 44.7. The Hall–Kier alpha value is -0.0800. The van der Waals surface area contributed by atoms with E-state index in [9.17, 15) is 5.11 Å². The molecule has 3 fully saturated rings. The molecule has 3 saturated carbocycles. The lowest BCUT2D eigenvalue weighted by molar-refractivity contribution is -0.179. The van der Waals surface area contributed by atoms with Gasteiger partial charge in [0.1, 0.15) is 0 Å². The molecule has 0 aromatic rings. The Morgan fingerprint density at radius 3 is 2.00 bits per heavy atom. The van der Waals surface area contributed by atoms with Crippen molar-refractivity contribution in [2.45, 2.75) is 78.2 Å². The van der Waals surface area contributed by atoms with Crippen LogP contribution in [0.15, 0.2) is 0 Å². The van der Waals surface area contributed by atoms with Crippen LogP contribution in [0.1, 0.15) is 72.6 Å². The van der Waals surface area contributed by atoms with Gasteiger partial charge in [0.15, 0.2) is 0 Å². The molecule has 0 aromatic carbocycles. The quantitative estimate of drug-likeness (QED) is 0.809. The van der Waals surface area contributed by atoms with Crippen molar-refractivity contribution < 1.29 is 5.11 Å². The number of hydrogen-bond acceptors (Lipinski definition) is 2. The summed E-state index contributed by atoms with van der Waals surface area (Å²) in [7, 11) is 0. The van der Waals surface area contributed by atoms with Gasteiger partial charge in [-0.05, 0) is 61.2 Å². The van der Waals surface area contributed by atoms with Crippen molar-refractivity contribution in [2.24, 2.45) is 33.8 Å². The van der Waals surface area contributed by atoms with Crippen LogP contribution < -0.4 is 5.73 Å². The van der Waals surface area contributed by atoms with E-state index in [1.807, 2.05) is 0 Å². The highest BCUT2D eigenvalue weighted by Gasteiger charge is 2.63. The van der Waals surface area contributed by atoms with Crippen molar-refractivity contribution >= 4 is 0 Å². The Kier molecular flexibility index (Phi) is 3.14. The molecule has 2 bridgehead atoms. The van der Waals surface area contributed by atoms with Crippen LogP contribution in [0.5, 0.6) is 0 Å². The van der Waals surface area contributed by atoms with Gasteiger partial charge in [-0.1, -0.05) is 34.1 Å². The fraction of sp³-hybridized carbons (Fsp3) is 1.00. The third-order valence-electron chi connectivity index (χ3n) is 6.77. The minimum Gasteiger partial charge on any atom is -0.389 e. The van der Waals surface area contributed by atoms with Gasteiger partial charge in [0, 0.05) is 12.0 Å². The molecule has 2 heteroatoms. The number of hydrogen-bond donors (Lipinski definition) is 2. The summed E-state index contributed by atoms with van der Waals surface area (Å²) in [4.78, 5) is 0. The highest BCUT2D eigenvalue weighted by molar-refractivity contribution is 5.14. The summed E-state index contributed by atoms with van der Waals surface area (Å²) < 4.78 is 0. The van der Waals surface area contributed by atoms with Gasteiger partial charge in [-0.25, -0.2) is 0 Å². The van der Waals surface area contributed by atoms with Gasteiger partial charge in [-0.2, -0.15) is 0 Å². The maximum atomic E-state index is 11.7. The van der Waals surface area contributed by atoms with E-state index in [-0.39, 0.29) is 16.2 Å². The SMILES string of the molecule is CC1(C)CC(C)(C)CC(O)(C2(CN)CC3CCC2C3)C1. The zero-order valence-electron chi connectivity index (χ0n) is 13.8. The van der Waals surface area contributed by atoms with Crippen LogP contribution in [-0.4, -0.2) is 17.3 Å². The van der Waals surface area contributed by atoms with E-state index in [1.165, 1.54) is 32.1 Å². The van der Waals surface area contributed by atoms with Crippen LogP contribution in [0.3, 0.4) is 0 Å². The largest absolute Gasteiger partial charge is 0.389 e. The monoisotopic (exact) mass is 279 g/mol. The van der Waals surface area contributed by atoms with Crippen LogP contribution in [0.25, 0.3) is 0 Å². The first-order valence-electron chi connectivity index (χ1n) is 8.54. The lowest BCUT2D eigenvalue weighted by Crippen LogP contribution is -2.61. The second-order valence-corrected chi connectivity index (χ2v) is 9.83. The third kappa shape index (κ3) is 2.06. The Balaban J connectivity index is 1.98. The predicted molar refractivity (Wildman–Crippen MR) is 83.3 cm³/mol. The molecule has 20 heavy (non-hydrogen) atoms. The number of rotatable bonds is 2. The summed E-state index contributed by atoms with van der Waals surface area (Å²) in [6.45, 7) is 10.00. The predicted octanol–water partition coefficient (Wildman–Crippen LogP) is 3.72. The molecule has 0 saturated heterocycles. The summed E-state index contributed by atoms with van der Waals surface area (Å²) >= 11 is 0. The minimum atomic E-state index is -0.549. The minimum absolute atomic E-state index is 0.00484. The van der Waals surface area contributed by atoms with E-state index < -0.39 is 5.60 Å². The Bertz CT molecular complexity index is 384. The maximum absolute atomic E-state index is 11.7. The lowest BCUT2D eigenvalue weighted by Gasteiger charge is -2.59. The second kappa shape index (κ2) is 4.23. The van der Waals surface area contributed by atoms with E-state index in [4.69, 9.17) is 5.73 Å². The molecule has 3 aliphatic rings. The fourth-order valence-electron chi connectivity index (χ4n) is 6.87. The molecular weight excluding hydrogens is 246 g/mol. The van der Waals surface area contributed by atoms with Crippen molar-refractivity contribution in [3.05, 3.63) is 0 Å². The topological polar surface area (TPSA) is 46.2 Å². The molecule has 0 radical (unpaired) electrons. The molecule has 0 aromatic heterocycles. The second-order valence-electron chi connectivity index (χ2n) is 9.83. The lowest BCUT2D eigenvalue weighted by atomic mass is 9.49. The maximum Gasteiger partial charge on any atom is 0.0728 e.